The first kappa shape index (κ1) is 15.7. The number of nitrogens with one attached hydrogen (secondary N) is 1. The Labute approximate surface area is 145 Å². The summed E-state index contributed by atoms with van der Waals surface area (Å²) >= 11 is 0. The molecule has 2 saturated heterocycles. The Bertz CT molecular complexity index is 773. The maximum absolute atomic E-state index is 12.5. The molecule has 2 aromatic rings. The summed E-state index contributed by atoms with van der Waals surface area (Å²) in [6.45, 7) is 1.22. The SMILES string of the molecule is O=C1NC2(CCN(C(=O)c3cnccn3)CC2)C[C@@H]1c1ccncc1. The third kappa shape index (κ3) is 2.97. The Morgan fingerprint density at radius 1 is 1.12 bits per heavy atom. The zero-order valence-electron chi connectivity index (χ0n) is 13.8. The number of piperidine rings is 1. The summed E-state index contributed by atoms with van der Waals surface area (Å²) in [7, 11) is 0. The summed E-state index contributed by atoms with van der Waals surface area (Å²) in [5, 5.41) is 3.19. The van der Waals surface area contributed by atoms with Crippen molar-refractivity contribution >= 4 is 11.8 Å². The summed E-state index contributed by atoms with van der Waals surface area (Å²) in [6, 6.07) is 3.80. The van der Waals surface area contributed by atoms with Gasteiger partial charge in [0.2, 0.25) is 5.91 Å². The number of rotatable bonds is 2. The van der Waals surface area contributed by atoms with E-state index in [-0.39, 0.29) is 23.3 Å². The van der Waals surface area contributed by atoms with Crippen molar-refractivity contribution in [1.82, 2.24) is 25.2 Å². The minimum absolute atomic E-state index is 0.0694. The molecule has 7 nitrogen and oxygen atoms in total. The first-order valence-corrected chi connectivity index (χ1v) is 8.44. The molecule has 2 fully saturated rings. The number of carbonyl (C=O) groups excluding carboxylic acids is 2. The first-order valence-electron chi connectivity index (χ1n) is 8.44. The van der Waals surface area contributed by atoms with Crippen molar-refractivity contribution in [2.75, 3.05) is 13.1 Å². The van der Waals surface area contributed by atoms with Gasteiger partial charge in [-0.15, -0.1) is 0 Å². The van der Waals surface area contributed by atoms with Crippen molar-refractivity contribution in [1.29, 1.82) is 0 Å². The van der Waals surface area contributed by atoms with Crippen LogP contribution in [0.3, 0.4) is 0 Å². The summed E-state index contributed by atoms with van der Waals surface area (Å²) in [6.07, 6.45) is 10.3. The minimum Gasteiger partial charge on any atom is -0.350 e. The number of hydrogen-bond acceptors (Lipinski definition) is 5. The van der Waals surface area contributed by atoms with Gasteiger partial charge in [-0.3, -0.25) is 19.6 Å². The molecule has 1 N–H and O–H groups in total. The molecule has 2 aliphatic rings. The summed E-state index contributed by atoms with van der Waals surface area (Å²) in [5.41, 5.74) is 1.15. The molecule has 2 amide bonds. The molecule has 25 heavy (non-hydrogen) atoms. The predicted octanol–water partition coefficient (Wildman–Crippen LogP) is 1.15. The van der Waals surface area contributed by atoms with Crippen molar-refractivity contribution in [3.05, 3.63) is 54.4 Å². The second-order valence-corrected chi connectivity index (χ2v) is 6.69. The Kier molecular flexibility index (Phi) is 3.91. The average molecular weight is 337 g/mol. The molecule has 128 valence electrons. The molecule has 0 aliphatic carbocycles. The van der Waals surface area contributed by atoms with E-state index in [1.54, 1.807) is 23.5 Å². The molecule has 0 aromatic carbocycles. The standard InChI is InChI=1S/C18H19N5O2/c24-16-14(13-1-5-19-6-2-13)11-18(22-16)3-9-23(10-4-18)17(25)15-12-20-7-8-21-15/h1-2,5-8,12,14H,3-4,9-11H2,(H,22,24)/t14-/m1/s1. The van der Waals surface area contributed by atoms with Crippen molar-refractivity contribution < 1.29 is 9.59 Å². The van der Waals surface area contributed by atoms with Gasteiger partial charge in [-0.25, -0.2) is 4.98 Å². The van der Waals surface area contributed by atoms with E-state index in [2.05, 4.69) is 20.3 Å². The van der Waals surface area contributed by atoms with Gasteiger partial charge in [0.25, 0.3) is 5.91 Å². The quantitative estimate of drug-likeness (QED) is 0.888. The largest absolute Gasteiger partial charge is 0.350 e. The van der Waals surface area contributed by atoms with Crippen molar-refractivity contribution in [2.45, 2.75) is 30.7 Å². The van der Waals surface area contributed by atoms with Crippen LogP contribution in [0.15, 0.2) is 43.1 Å². The van der Waals surface area contributed by atoms with Crippen molar-refractivity contribution in [3.8, 4) is 0 Å². The minimum atomic E-state index is -0.218. The van der Waals surface area contributed by atoms with Gasteiger partial charge in [0, 0.05) is 43.4 Å². The van der Waals surface area contributed by atoms with Gasteiger partial charge in [0.15, 0.2) is 0 Å². The van der Waals surface area contributed by atoms with Crippen LogP contribution in [-0.4, -0.2) is 50.3 Å². The van der Waals surface area contributed by atoms with Gasteiger partial charge in [0.05, 0.1) is 12.1 Å². The molecule has 0 saturated carbocycles. The molecule has 4 heterocycles. The number of aromatic nitrogens is 3. The van der Waals surface area contributed by atoms with E-state index in [0.717, 1.165) is 24.8 Å². The smallest absolute Gasteiger partial charge is 0.274 e. The van der Waals surface area contributed by atoms with Gasteiger partial charge >= 0.3 is 0 Å². The molecule has 2 aliphatic heterocycles. The molecular weight excluding hydrogens is 318 g/mol. The number of carbonyl (C=O) groups is 2. The lowest BCUT2D eigenvalue weighted by atomic mass is 9.82. The van der Waals surface area contributed by atoms with Gasteiger partial charge in [-0.1, -0.05) is 0 Å². The highest BCUT2D eigenvalue weighted by molar-refractivity contribution is 5.92. The van der Waals surface area contributed by atoms with Gasteiger partial charge in [0.1, 0.15) is 5.69 Å². The highest BCUT2D eigenvalue weighted by Crippen LogP contribution is 2.39. The van der Waals surface area contributed by atoms with E-state index < -0.39 is 0 Å². The van der Waals surface area contributed by atoms with E-state index in [4.69, 9.17) is 0 Å². The van der Waals surface area contributed by atoms with Crippen LogP contribution in [0.2, 0.25) is 0 Å². The maximum atomic E-state index is 12.5. The fourth-order valence-electron chi connectivity index (χ4n) is 3.79. The third-order valence-electron chi connectivity index (χ3n) is 5.20. The van der Waals surface area contributed by atoms with Crippen LogP contribution in [0.5, 0.6) is 0 Å². The summed E-state index contributed by atoms with van der Waals surface area (Å²) in [4.78, 5) is 38.8. The predicted molar refractivity (Wildman–Crippen MR) is 89.6 cm³/mol. The van der Waals surface area contributed by atoms with Crippen LogP contribution in [0.25, 0.3) is 0 Å². The number of pyridine rings is 1. The van der Waals surface area contributed by atoms with Gasteiger partial charge < -0.3 is 10.2 Å². The molecule has 1 spiro atoms. The van der Waals surface area contributed by atoms with E-state index >= 15 is 0 Å². The van der Waals surface area contributed by atoms with Crippen LogP contribution >= 0.6 is 0 Å². The molecule has 2 aromatic heterocycles. The lowest BCUT2D eigenvalue weighted by molar-refractivity contribution is -0.121. The molecule has 1 atom stereocenters. The molecule has 4 rings (SSSR count). The molecule has 0 unspecified atom stereocenters. The Morgan fingerprint density at radius 3 is 2.56 bits per heavy atom. The molecule has 7 heteroatoms. The fraction of sp³-hybridized carbons (Fsp3) is 0.389. The number of likely N-dealkylation sites (tertiary alicyclic amines) is 1. The zero-order valence-corrected chi connectivity index (χ0v) is 13.8. The van der Waals surface area contributed by atoms with E-state index in [1.165, 1.54) is 12.4 Å². The van der Waals surface area contributed by atoms with Crippen LogP contribution in [0, 0.1) is 0 Å². The zero-order chi connectivity index (χ0) is 17.3. The molecular formula is C18H19N5O2. The summed E-state index contributed by atoms with van der Waals surface area (Å²) < 4.78 is 0. The van der Waals surface area contributed by atoms with Crippen LogP contribution in [-0.2, 0) is 4.79 Å². The number of nitrogens with zero attached hydrogens (tertiary/aromatic N) is 4. The second-order valence-electron chi connectivity index (χ2n) is 6.69. The fourth-order valence-corrected chi connectivity index (χ4v) is 3.79. The first-order chi connectivity index (χ1) is 12.2. The monoisotopic (exact) mass is 337 g/mol. The maximum Gasteiger partial charge on any atom is 0.274 e. The Morgan fingerprint density at radius 2 is 1.88 bits per heavy atom. The highest BCUT2D eigenvalue weighted by Gasteiger charge is 2.46. The van der Waals surface area contributed by atoms with Crippen LogP contribution in [0.1, 0.15) is 41.2 Å². The van der Waals surface area contributed by atoms with Crippen molar-refractivity contribution in [2.24, 2.45) is 0 Å². The topological polar surface area (TPSA) is 88.1 Å². The number of amides is 2. The molecule has 0 radical (unpaired) electrons. The van der Waals surface area contributed by atoms with Crippen molar-refractivity contribution in [3.63, 3.8) is 0 Å². The normalized spacial score (nSPS) is 22.0. The van der Waals surface area contributed by atoms with Gasteiger partial charge in [-0.05, 0) is 37.0 Å². The Balaban J connectivity index is 1.43. The van der Waals surface area contributed by atoms with E-state index in [9.17, 15) is 9.59 Å². The Hall–Kier alpha value is -2.83. The third-order valence-corrected chi connectivity index (χ3v) is 5.20. The van der Waals surface area contributed by atoms with Gasteiger partial charge in [-0.2, -0.15) is 0 Å². The number of hydrogen-bond donors (Lipinski definition) is 1. The lowest BCUT2D eigenvalue weighted by Gasteiger charge is -2.39. The van der Waals surface area contributed by atoms with Crippen LogP contribution < -0.4 is 5.32 Å². The lowest BCUT2D eigenvalue weighted by Crippen LogP contribution is -2.52. The van der Waals surface area contributed by atoms with E-state index in [1.807, 2.05) is 12.1 Å². The second kappa shape index (κ2) is 6.23. The van der Waals surface area contributed by atoms with Crippen LogP contribution in [0.4, 0.5) is 0 Å². The molecule has 0 bridgehead atoms. The highest BCUT2D eigenvalue weighted by atomic mass is 16.2. The summed E-state index contributed by atoms with van der Waals surface area (Å²) in [5.74, 6) is -0.164. The van der Waals surface area contributed by atoms with E-state index in [0.29, 0.717) is 18.8 Å². The average Bonchev–Trinajstić information content (AvgIpc) is 2.99.